The first-order chi connectivity index (χ1) is 35.3. The molecule has 3 aliphatic rings. The molecule has 0 aliphatic carbocycles. The van der Waals surface area contributed by atoms with Gasteiger partial charge in [0.2, 0.25) is 35.4 Å². The molecule has 2 fully saturated rings. The molecule has 10 atom stereocenters. The van der Waals surface area contributed by atoms with Crippen molar-refractivity contribution in [3.05, 3.63) is 83.2 Å². The maximum atomic E-state index is 14.6. The third kappa shape index (κ3) is 13.7. The number of aromatic nitrogens is 1. The highest BCUT2D eigenvalue weighted by molar-refractivity contribution is 6.04. The number of hydrogen-bond acceptors (Lipinski definition) is 12. The van der Waals surface area contributed by atoms with Crippen molar-refractivity contribution in [3.8, 4) is 11.5 Å². The molecule has 21 nitrogen and oxygen atoms in total. The van der Waals surface area contributed by atoms with E-state index in [9.17, 15) is 38.4 Å². The van der Waals surface area contributed by atoms with E-state index < -0.39 is 119 Å². The molecule has 75 heavy (non-hydrogen) atoms. The van der Waals surface area contributed by atoms with Crippen molar-refractivity contribution in [2.45, 2.75) is 142 Å². The van der Waals surface area contributed by atoms with E-state index in [1.807, 2.05) is 116 Å². The maximum absolute atomic E-state index is 14.6. The van der Waals surface area contributed by atoms with E-state index >= 15 is 0 Å². The first kappa shape index (κ1) is 57.3. The summed E-state index contributed by atoms with van der Waals surface area (Å²) < 4.78 is 11.9. The van der Waals surface area contributed by atoms with Crippen molar-refractivity contribution in [1.29, 1.82) is 0 Å². The van der Waals surface area contributed by atoms with Gasteiger partial charge in [0.25, 0.3) is 11.8 Å². The van der Waals surface area contributed by atoms with Gasteiger partial charge < -0.3 is 66.8 Å². The molecule has 1 aromatic heterocycles. The van der Waals surface area contributed by atoms with Crippen LogP contribution >= 0.6 is 0 Å². The number of likely N-dealkylation sites (tertiary alicyclic amines) is 2. The molecule has 0 saturated carbocycles. The van der Waals surface area contributed by atoms with Crippen LogP contribution in [0, 0.1) is 10.8 Å². The number of likely N-dealkylation sites (N-methyl/N-ethyl adjacent to an activating group) is 2. The summed E-state index contributed by atoms with van der Waals surface area (Å²) in [6.07, 6.45) is 0.0282. The van der Waals surface area contributed by atoms with Crippen LogP contribution in [0.1, 0.15) is 126 Å². The number of nitrogens with zero attached hydrogens (tertiary/aromatic N) is 2. The Hall–Kier alpha value is -7.00. The molecule has 0 unspecified atom stereocenters. The Morgan fingerprint density at radius 3 is 1.21 bits per heavy atom. The lowest BCUT2D eigenvalue weighted by atomic mass is 9.85. The molecule has 2 saturated heterocycles. The summed E-state index contributed by atoms with van der Waals surface area (Å²) in [5.41, 5.74) is -0.162. The van der Waals surface area contributed by atoms with Crippen LogP contribution in [0.25, 0.3) is 0 Å². The Bertz CT molecular complexity index is 2390. The number of benzene rings is 2. The van der Waals surface area contributed by atoms with Crippen LogP contribution in [0.3, 0.4) is 0 Å². The lowest BCUT2D eigenvalue weighted by Gasteiger charge is -2.36. The highest BCUT2D eigenvalue weighted by Gasteiger charge is 2.48. The van der Waals surface area contributed by atoms with Gasteiger partial charge in [-0.25, -0.2) is 0 Å². The Kier molecular flexibility index (Phi) is 18.4. The second-order valence-electron chi connectivity index (χ2n) is 22.0. The van der Waals surface area contributed by atoms with Crippen molar-refractivity contribution >= 4 is 47.3 Å². The monoisotopic (exact) mass is 1040 g/mol. The molecule has 21 heteroatoms. The van der Waals surface area contributed by atoms with Crippen LogP contribution in [-0.4, -0.2) is 151 Å². The molecule has 6 rings (SSSR count). The van der Waals surface area contributed by atoms with Gasteiger partial charge in [0, 0.05) is 25.2 Å². The average molecular weight is 1040 g/mol. The molecule has 2 aromatic carbocycles. The molecule has 0 spiro atoms. The molecule has 0 radical (unpaired) electrons. The Labute approximate surface area is 439 Å². The fourth-order valence-electron chi connectivity index (χ4n) is 9.42. The van der Waals surface area contributed by atoms with Crippen LogP contribution < -0.4 is 52.0 Å². The number of carbonyl (C=O) groups is 8. The Morgan fingerprint density at radius 2 is 0.893 bits per heavy atom. The van der Waals surface area contributed by atoms with Gasteiger partial charge in [-0.3, -0.25) is 38.4 Å². The average Bonchev–Trinajstić information content (AvgIpc) is 4.12. The lowest BCUT2D eigenvalue weighted by Crippen LogP contribution is -2.59. The summed E-state index contributed by atoms with van der Waals surface area (Å²) >= 11 is 0. The van der Waals surface area contributed by atoms with Crippen molar-refractivity contribution in [2.24, 2.45) is 10.8 Å². The molecular formula is C54H77N11O10. The van der Waals surface area contributed by atoms with Gasteiger partial charge in [-0.05, 0) is 76.6 Å². The smallest absolute Gasteiger partial charge is 0.272 e. The zero-order valence-corrected chi connectivity index (χ0v) is 45.3. The molecule has 0 bridgehead atoms. The minimum Gasteiger partial charge on any atom is -0.484 e. The minimum atomic E-state index is -1.05. The van der Waals surface area contributed by atoms with E-state index in [0.717, 1.165) is 11.1 Å². The van der Waals surface area contributed by atoms with Gasteiger partial charge >= 0.3 is 0 Å². The van der Waals surface area contributed by atoms with Crippen LogP contribution in [0.2, 0.25) is 0 Å². The summed E-state index contributed by atoms with van der Waals surface area (Å²) in [6, 6.07) is 10.9. The third-order valence-electron chi connectivity index (χ3n) is 14.2. The maximum Gasteiger partial charge on any atom is 0.272 e. The number of ether oxygens (including phenoxy) is 2. The van der Waals surface area contributed by atoms with Crippen molar-refractivity contribution in [3.63, 3.8) is 0 Å². The van der Waals surface area contributed by atoms with E-state index in [0.29, 0.717) is 0 Å². The second-order valence-corrected chi connectivity index (χ2v) is 22.0. The van der Waals surface area contributed by atoms with Crippen LogP contribution in [0.5, 0.6) is 11.5 Å². The molecule has 8 amide bonds. The number of H-pyrrole nitrogens is 1. The standard InChI is InChI=1S/C54H77N11O10/c1-29(33-19-15-13-16-20-33)57-47(68)37-25-35(27-64(37)51(72)43(53(5,6)7)62-45(66)31(3)55-11)59-49(70)39-41-42(75-24-23-74-41)40(61-39)50(71)60-36-26-38(48(69)58-30(2)34-21-17-14-18-22-34)65(28-36)52(73)44(54(8,9)10)63-46(67)32(4)56-12/h13-22,29-32,35-38,43-44,55-56,61H,23-28H2,1-12H3,(H,57,68)(H,58,69)(H,59,70)(H,60,71)(H,62,66)(H,63,67)/t29-,30-,31+,32+,35+,36+,37+,38+,43-,44-/m1/s1. The highest BCUT2D eigenvalue weighted by atomic mass is 16.6. The van der Waals surface area contributed by atoms with Crippen molar-refractivity contribution < 1.29 is 47.8 Å². The van der Waals surface area contributed by atoms with Gasteiger partial charge in [0.15, 0.2) is 22.9 Å². The van der Waals surface area contributed by atoms with E-state index in [2.05, 4.69) is 47.5 Å². The number of amides is 8. The van der Waals surface area contributed by atoms with E-state index in [4.69, 9.17) is 9.47 Å². The normalized spacial score (nSPS) is 20.9. The van der Waals surface area contributed by atoms with Gasteiger partial charge in [-0.2, -0.15) is 0 Å². The fourth-order valence-corrected chi connectivity index (χ4v) is 9.42. The first-order valence-electron chi connectivity index (χ1n) is 25.7. The Morgan fingerprint density at radius 1 is 0.547 bits per heavy atom. The highest BCUT2D eigenvalue weighted by Crippen LogP contribution is 2.39. The molecular weight excluding hydrogens is 963 g/mol. The third-order valence-corrected chi connectivity index (χ3v) is 14.2. The van der Waals surface area contributed by atoms with E-state index in [-0.39, 0.29) is 62.0 Å². The van der Waals surface area contributed by atoms with Gasteiger partial charge in [-0.1, -0.05) is 102 Å². The Balaban J connectivity index is 1.25. The molecule has 3 aromatic rings. The van der Waals surface area contributed by atoms with Crippen molar-refractivity contribution in [2.75, 3.05) is 40.4 Å². The predicted octanol–water partition coefficient (Wildman–Crippen LogP) is 2.22. The topological polar surface area (TPSA) is 274 Å². The quantitative estimate of drug-likeness (QED) is 0.0888. The first-order valence-corrected chi connectivity index (χ1v) is 25.7. The predicted molar refractivity (Wildman–Crippen MR) is 280 cm³/mol. The number of rotatable bonds is 18. The molecule has 3 aliphatic heterocycles. The van der Waals surface area contributed by atoms with E-state index in [1.165, 1.54) is 9.80 Å². The van der Waals surface area contributed by atoms with Gasteiger partial charge in [0.05, 0.1) is 24.2 Å². The van der Waals surface area contributed by atoms with Crippen LogP contribution in [0.15, 0.2) is 60.7 Å². The van der Waals surface area contributed by atoms with Crippen molar-refractivity contribution in [1.82, 2.24) is 57.3 Å². The zero-order valence-electron chi connectivity index (χ0n) is 45.3. The summed E-state index contributed by atoms with van der Waals surface area (Å²) in [6.45, 7) is 17.8. The van der Waals surface area contributed by atoms with Crippen LogP contribution in [0.4, 0.5) is 0 Å². The van der Waals surface area contributed by atoms with Gasteiger partial charge in [0.1, 0.15) is 37.4 Å². The summed E-state index contributed by atoms with van der Waals surface area (Å²) in [7, 11) is 3.26. The summed E-state index contributed by atoms with van der Waals surface area (Å²) in [5, 5.41) is 23.5. The minimum absolute atomic E-state index is 0.0141. The molecule has 9 N–H and O–H groups in total. The number of aromatic amines is 1. The number of hydrogen-bond donors (Lipinski definition) is 9. The molecule has 4 heterocycles. The second kappa shape index (κ2) is 24.1. The summed E-state index contributed by atoms with van der Waals surface area (Å²) in [4.78, 5) is 119. The van der Waals surface area contributed by atoms with Gasteiger partial charge in [-0.15, -0.1) is 0 Å². The SMILES string of the molecule is CN[C@@H](C)C(=O)N[C@H](C(=O)N1C[C@@H](NC(=O)c2[nH]c(C(=O)N[C@H]3C[C@@H](C(=O)N[C@H](C)c4ccccc4)N(C(=O)[C@@H](NC(=O)[C@H](C)NC)C(C)(C)C)C3)c3c2OCCO3)C[C@H]1C(=O)N[C@H](C)c1ccccc1)C(C)(C)C. The molecule has 408 valence electrons. The largest absolute Gasteiger partial charge is 0.484 e. The zero-order chi connectivity index (χ0) is 55.1. The number of fused-ring (bicyclic) bond motifs is 1. The fraction of sp³-hybridized carbons (Fsp3) is 0.556. The lowest BCUT2D eigenvalue weighted by molar-refractivity contribution is -0.144. The van der Waals surface area contributed by atoms with Crippen LogP contribution in [-0.2, 0) is 28.8 Å². The number of nitrogens with one attached hydrogen (secondary N) is 9. The summed E-state index contributed by atoms with van der Waals surface area (Å²) in [5.74, 6) is -4.18. The number of carbonyl (C=O) groups excluding carboxylic acids is 8. The van der Waals surface area contributed by atoms with E-state index in [1.54, 1.807) is 27.9 Å².